The molecule has 0 saturated carbocycles. The summed E-state index contributed by atoms with van der Waals surface area (Å²) >= 11 is 6.34. The lowest BCUT2D eigenvalue weighted by Crippen LogP contribution is -2.51. The smallest absolute Gasteiger partial charge is 0.410 e. The molecule has 4 rings (SSSR count). The fraction of sp³-hybridized carbons (Fsp3) is 0.742. The molecule has 2 saturated heterocycles. The number of hydrogen-bond donors (Lipinski definition) is 0. The first-order valence-electron chi connectivity index (χ1n) is 14.9. The van der Waals surface area contributed by atoms with E-state index in [-0.39, 0.29) is 47.4 Å². The van der Waals surface area contributed by atoms with Crippen LogP contribution >= 0.6 is 11.6 Å². The molecule has 9 heteroatoms. The fourth-order valence-corrected chi connectivity index (χ4v) is 6.68. The van der Waals surface area contributed by atoms with Crippen LogP contribution in [-0.4, -0.2) is 88.7 Å². The molecule has 0 bridgehead atoms. The summed E-state index contributed by atoms with van der Waals surface area (Å²) in [6, 6.07) is -0.0662. The molecule has 4 aliphatic rings. The summed E-state index contributed by atoms with van der Waals surface area (Å²) in [5.74, 6) is -1.25. The van der Waals surface area contributed by atoms with Crippen molar-refractivity contribution in [1.82, 2.24) is 14.7 Å². The summed E-state index contributed by atoms with van der Waals surface area (Å²) in [6.07, 6.45) is 6.94. The molecule has 2 fully saturated rings. The lowest BCUT2D eigenvalue weighted by molar-refractivity contribution is -0.136. The minimum atomic E-state index is -1.33. The van der Waals surface area contributed by atoms with Crippen LogP contribution in [0.1, 0.15) is 73.1 Å². The number of ether oxygens (including phenoxy) is 1. The van der Waals surface area contributed by atoms with Crippen LogP contribution in [-0.2, 0) is 9.53 Å². The number of nitrogens with zero attached hydrogens (tertiary/aromatic N) is 3. The first-order valence-corrected chi connectivity index (χ1v) is 15.3. The van der Waals surface area contributed by atoms with Crippen molar-refractivity contribution >= 4 is 23.6 Å². The third-order valence-electron chi connectivity index (χ3n) is 8.74. The summed E-state index contributed by atoms with van der Waals surface area (Å²) in [5, 5.41) is 0.128. The molecule has 0 aromatic carbocycles. The second-order valence-corrected chi connectivity index (χ2v) is 13.6. The quantitative estimate of drug-likeness (QED) is 0.284. The van der Waals surface area contributed by atoms with Gasteiger partial charge in [0.05, 0.1) is 18.1 Å². The Morgan fingerprint density at radius 2 is 1.88 bits per heavy atom. The molecule has 0 N–H and O–H groups in total. The number of halogens is 3. The molecule has 40 heavy (non-hydrogen) atoms. The number of alkyl halides is 2. The van der Waals surface area contributed by atoms with Gasteiger partial charge in [0, 0.05) is 56.0 Å². The SMILES string of the molecule is CC(C)OC(=O)N1CCN(C(=O)C2CN(C(C)(C)C)C[C@H]2C2=C(F)CC(F)C=C2)CCCC1C1=CCC(Cl)CC1. The predicted molar refractivity (Wildman–Crippen MR) is 155 cm³/mol. The van der Waals surface area contributed by atoms with Crippen molar-refractivity contribution in [2.24, 2.45) is 11.8 Å². The van der Waals surface area contributed by atoms with E-state index in [2.05, 4.69) is 31.7 Å². The fourth-order valence-electron chi connectivity index (χ4n) is 6.48. The topological polar surface area (TPSA) is 53.1 Å². The molecule has 2 aliphatic heterocycles. The summed E-state index contributed by atoms with van der Waals surface area (Å²) in [5.41, 5.74) is 1.49. The van der Waals surface area contributed by atoms with Crippen molar-refractivity contribution in [1.29, 1.82) is 0 Å². The zero-order chi connectivity index (χ0) is 29.2. The maximum atomic E-state index is 15.0. The van der Waals surface area contributed by atoms with E-state index in [0.29, 0.717) is 38.3 Å². The zero-order valence-corrected chi connectivity index (χ0v) is 25.4. The number of hydrogen-bond acceptors (Lipinski definition) is 4. The summed E-state index contributed by atoms with van der Waals surface area (Å²) in [7, 11) is 0. The van der Waals surface area contributed by atoms with E-state index in [1.165, 1.54) is 11.6 Å². The lowest BCUT2D eigenvalue weighted by atomic mass is 9.84. The molecular weight excluding hydrogens is 536 g/mol. The minimum Gasteiger partial charge on any atom is -0.447 e. The molecule has 2 heterocycles. The van der Waals surface area contributed by atoms with Gasteiger partial charge in [-0.05, 0) is 78.4 Å². The van der Waals surface area contributed by atoms with Gasteiger partial charge in [-0.2, -0.15) is 0 Å². The van der Waals surface area contributed by atoms with Crippen LogP contribution in [0.2, 0.25) is 0 Å². The van der Waals surface area contributed by atoms with E-state index in [4.69, 9.17) is 16.3 Å². The second-order valence-electron chi connectivity index (χ2n) is 13.0. The van der Waals surface area contributed by atoms with Gasteiger partial charge in [0.15, 0.2) is 0 Å². The average molecular weight is 582 g/mol. The number of likely N-dealkylation sites (tertiary alicyclic amines) is 1. The Morgan fingerprint density at radius 1 is 1.12 bits per heavy atom. The highest BCUT2D eigenvalue weighted by Crippen LogP contribution is 2.40. The molecule has 0 radical (unpaired) electrons. The van der Waals surface area contributed by atoms with Gasteiger partial charge in [0.1, 0.15) is 12.0 Å². The van der Waals surface area contributed by atoms with Crippen LogP contribution in [0.3, 0.4) is 0 Å². The number of rotatable bonds is 4. The van der Waals surface area contributed by atoms with Gasteiger partial charge in [-0.1, -0.05) is 17.7 Å². The summed E-state index contributed by atoms with van der Waals surface area (Å²) < 4.78 is 34.5. The maximum Gasteiger partial charge on any atom is 0.410 e. The van der Waals surface area contributed by atoms with E-state index < -0.39 is 17.9 Å². The first-order chi connectivity index (χ1) is 18.8. The highest BCUT2D eigenvalue weighted by Gasteiger charge is 2.45. The highest BCUT2D eigenvalue weighted by molar-refractivity contribution is 6.20. The van der Waals surface area contributed by atoms with Crippen molar-refractivity contribution in [3.63, 3.8) is 0 Å². The monoisotopic (exact) mass is 581 g/mol. The minimum absolute atomic E-state index is 0.0229. The van der Waals surface area contributed by atoms with Gasteiger partial charge in [0.25, 0.3) is 0 Å². The van der Waals surface area contributed by atoms with Crippen molar-refractivity contribution < 1.29 is 23.1 Å². The van der Waals surface area contributed by atoms with Gasteiger partial charge >= 0.3 is 6.09 Å². The van der Waals surface area contributed by atoms with E-state index in [0.717, 1.165) is 32.1 Å². The van der Waals surface area contributed by atoms with Gasteiger partial charge in [-0.15, -0.1) is 11.6 Å². The molecule has 6 nitrogen and oxygen atoms in total. The lowest BCUT2D eigenvalue weighted by Gasteiger charge is -2.39. The summed E-state index contributed by atoms with van der Waals surface area (Å²) in [4.78, 5) is 33.3. The second kappa shape index (κ2) is 12.9. The van der Waals surface area contributed by atoms with Crippen LogP contribution in [0.5, 0.6) is 0 Å². The van der Waals surface area contributed by atoms with Crippen LogP contribution in [0.4, 0.5) is 13.6 Å². The molecule has 5 atom stereocenters. The Morgan fingerprint density at radius 3 is 2.50 bits per heavy atom. The van der Waals surface area contributed by atoms with Crippen LogP contribution in [0.15, 0.2) is 35.2 Å². The number of allylic oxidation sites excluding steroid dienone is 4. The third kappa shape index (κ3) is 7.28. The first kappa shape index (κ1) is 31.0. The van der Waals surface area contributed by atoms with Gasteiger partial charge in [-0.3, -0.25) is 14.6 Å². The van der Waals surface area contributed by atoms with Crippen molar-refractivity contribution in [2.45, 2.75) is 102 Å². The predicted octanol–water partition coefficient (Wildman–Crippen LogP) is 6.41. The number of amides is 2. The molecule has 0 aromatic rings. The van der Waals surface area contributed by atoms with E-state index in [1.807, 2.05) is 18.7 Å². The van der Waals surface area contributed by atoms with E-state index >= 15 is 4.39 Å². The van der Waals surface area contributed by atoms with Crippen molar-refractivity contribution in [2.75, 3.05) is 32.7 Å². The summed E-state index contributed by atoms with van der Waals surface area (Å²) in [6.45, 7) is 12.3. The standard InChI is InChI=1S/C31H46ClF2N3O3/c1-20(2)40-30(39)37-16-15-35(14-6-7-28(37)21-8-10-22(32)11-9-21)29(38)26-19-36(31(3,4)5)18-25(26)24-13-12-23(33)17-27(24)34/h8,12-13,20,22-23,25-26,28H,6-7,9-11,14-19H2,1-5H3/t22?,23?,25-,26?,28?/m0/s1. The van der Waals surface area contributed by atoms with Crippen LogP contribution in [0.25, 0.3) is 0 Å². The Kier molecular flexibility index (Phi) is 10.0. The van der Waals surface area contributed by atoms with E-state index in [1.54, 1.807) is 11.0 Å². The van der Waals surface area contributed by atoms with Crippen LogP contribution in [0, 0.1) is 11.8 Å². The van der Waals surface area contributed by atoms with Crippen molar-refractivity contribution in [3.05, 3.63) is 35.2 Å². The van der Waals surface area contributed by atoms with Gasteiger partial charge in [0.2, 0.25) is 5.91 Å². The van der Waals surface area contributed by atoms with Gasteiger partial charge < -0.3 is 9.64 Å². The Balaban J connectivity index is 1.55. The van der Waals surface area contributed by atoms with Gasteiger partial charge in [-0.25, -0.2) is 13.6 Å². The molecule has 0 spiro atoms. The maximum absolute atomic E-state index is 15.0. The number of carbonyl (C=O) groups is 2. The zero-order valence-electron chi connectivity index (χ0n) is 24.7. The third-order valence-corrected chi connectivity index (χ3v) is 9.14. The average Bonchev–Trinajstić information content (AvgIpc) is 3.30. The molecule has 2 amide bonds. The molecule has 224 valence electrons. The Bertz CT molecular complexity index is 1040. The Hall–Kier alpha value is -1.93. The van der Waals surface area contributed by atoms with Crippen molar-refractivity contribution in [3.8, 4) is 0 Å². The largest absolute Gasteiger partial charge is 0.447 e. The van der Waals surface area contributed by atoms with Crippen LogP contribution < -0.4 is 0 Å². The highest BCUT2D eigenvalue weighted by atomic mass is 35.5. The van der Waals surface area contributed by atoms with E-state index in [9.17, 15) is 14.0 Å². The molecular formula is C31H46ClF2N3O3. The Labute approximate surface area is 243 Å². The normalized spacial score (nSPS) is 30.8. The molecule has 0 aromatic heterocycles. The number of carbonyl (C=O) groups excluding carboxylic acids is 2. The molecule has 2 aliphatic carbocycles. The molecule has 4 unspecified atom stereocenters.